The minimum Gasteiger partial charge on any atom is -0.481 e. The molecule has 2 N–H and O–H groups in total. The fourth-order valence-electron chi connectivity index (χ4n) is 3.00. The van der Waals surface area contributed by atoms with Crippen LogP contribution < -0.4 is 5.32 Å². The van der Waals surface area contributed by atoms with Crippen LogP contribution in [0.1, 0.15) is 39.0 Å². The molecule has 1 heterocycles. The number of rotatable bonds is 7. The lowest BCUT2D eigenvalue weighted by molar-refractivity contribution is -0.138. The van der Waals surface area contributed by atoms with Gasteiger partial charge in [-0.25, -0.2) is 0 Å². The number of carbonyl (C=O) groups is 1. The predicted molar refractivity (Wildman–Crippen MR) is 71.6 cm³/mol. The van der Waals surface area contributed by atoms with E-state index >= 15 is 0 Å². The topological polar surface area (TPSA) is 52.6 Å². The van der Waals surface area contributed by atoms with E-state index in [1.807, 2.05) is 0 Å². The molecule has 1 aliphatic carbocycles. The van der Waals surface area contributed by atoms with Crippen LogP contribution in [0.5, 0.6) is 0 Å². The highest BCUT2D eigenvalue weighted by molar-refractivity contribution is 5.67. The second-order valence-corrected chi connectivity index (χ2v) is 6.01. The van der Waals surface area contributed by atoms with Gasteiger partial charge in [0.25, 0.3) is 0 Å². The van der Waals surface area contributed by atoms with Gasteiger partial charge in [-0.05, 0) is 50.6 Å². The molecule has 1 saturated heterocycles. The predicted octanol–water partition coefficient (Wildman–Crippen LogP) is 1.56. The molecule has 4 nitrogen and oxygen atoms in total. The quantitative estimate of drug-likeness (QED) is 0.724. The second-order valence-electron chi connectivity index (χ2n) is 6.01. The van der Waals surface area contributed by atoms with Crippen LogP contribution >= 0.6 is 0 Å². The van der Waals surface area contributed by atoms with Crippen LogP contribution in [0.3, 0.4) is 0 Å². The first-order valence-corrected chi connectivity index (χ1v) is 7.35. The van der Waals surface area contributed by atoms with Crippen molar-refractivity contribution in [2.24, 2.45) is 11.8 Å². The summed E-state index contributed by atoms with van der Waals surface area (Å²) in [4.78, 5) is 13.3. The monoisotopic (exact) mass is 254 g/mol. The molecule has 0 amide bonds. The summed E-state index contributed by atoms with van der Waals surface area (Å²) in [6, 6.07) is 0.496. The van der Waals surface area contributed by atoms with E-state index in [0.29, 0.717) is 18.4 Å². The van der Waals surface area contributed by atoms with Crippen LogP contribution in [0, 0.1) is 11.8 Å². The van der Waals surface area contributed by atoms with Gasteiger partial charge in [0.15, 0.2) is 0 Å². The van der Waals surface area contributed by atoms with Crippen LogP contribution in [0.4, 0.5) is 0 Å². The van der Waals surface area contributed by atoms with Gasteiger partial charge in [0.2, 0.25) is 0 Å². The Kier molecular flexibility index (Phi) is 5.01. The first kappa shape index (κ1) is 13.8. The molecule has 1 saturated carbocycles. The summed E-state index contributed by atoms with van der Waals surface area (Å²) in [5.41, 5.74) is 0. The van der Waals surface area contributed by atoms with Crippen molar-refractivity contribution in [1.29, 1.82) is 0 Å². The summed E-state index contributed by atoms with van der Waals surface area (Å²) >= 11 is 0. The molecule has 18 heavy (non-hydrogen) atoms. The number of hydrogen-bond acceptors (Lipinski definition) is 3. The Morgan fingerprint density at radius 1 is 1.33 bits per heavy atom. The zero-order valence-corrected chi connectivity index (χ0v) is 11.4. The molecule has 0 aromatic carbocycles. The Hall–Kier alpha value is -0.610. The summed E-state index contributed by atoms with van der Waals surface area (Å²) in [7, 11) is 0. The van der Waals surface area contributed by atoms with Gasteiger partial charge >= 0.3 is 5.97 Å². The van der Waals surface area contributed by atoms with Crippen LogP contribution in [0.2, 0.25) is 0 Å². The maximum Gasteiger partial charge on any atom is 0.303 e. The number of likely N-dealkylation sites (tertiary alicyclic amines) is 1. The molecule has 1 aliphatic heterocycles. The van der Waals surface area contributed by atoms with Gasteiger partial charge in [-0.3, -0.25) is 4.79 Å². The molecule has 104 valence electrons. The van der Waals surface area contributed by atoms with Gasteiger partial charge in [0, 0.05) is 25.6 Å². The summed E-state index contributed by atoms with van der Waals surface area (Å²) < 4.78 is 0. The molecule has 0 spiro atoms. The summed E-state index contributed by atoms with van der Waals surface area (Å²) in [5, 5.41) is 12.6. The molecule has 2 aliphatic rings. The average Bonchev–Trinajstić information content (AvgIpc) is 3.09. The zero-order valence-electron chi connectivity index (χ0n) is 11.4. The first-order chi connectivity index (χ1) is 8.67. The number of nitrogens with zero attached hydrogens (tertiary/aromatic N) is 1. The van der Waals surface area contributed by atoms with Crippen LogP contribution in [0.15, 0.2) is 0 Å². The summed E-state index contributed by atoms with van der Waals surface area (Å²) in [6.45, 7) is 6.47. The largest absolute Gasteiger partial charge is 0.481 e. The van der Waals surface area contributed by atoms with E-state index in [0.717, 1.165) is 44.9 Å². The highest BCUT2D eigenvalue weighted by atomic mass is 16.4. The number of nitrogens with one attached hydrogen (secondary N) is 1. The Labute approximate surface area is 110 Å². The molecule has 2 atom stereocenters. The fourth-order valence-corrected chi connectivity index (χ4v) is 3.00. The molecular formula is C14H26N2O2. The smallest absolute Gasteiger partial charge is 0.303 e. The van der Waals surface area contributed by atoms with Crippen molar-refractivity contribution in [2.75, 3.05) is 26.2 Å². The molecule has 0 radical (unpaired) electrons. The number of carboxylic acids is 1. The van der Waals surface area contributed by atoms with E-state index in [1.165, 1.54) is 12.8 Å². The Morgan fingerprint density at radius 2 is 2.11 bits per heavy atom. The Balaban J connectivity index is 1.81. The maximum atomic E-state index is 10.9. The van der Waals surface area contributed by atoms with Crippen LogP contribution in [-0.2, 0) is 4.79 Å². The van der Waals surface area contributed by atoms with E-state index < -0.39 is 5.97 Å². The van der Waals surface area contributed by atoms with Gasteiger partial charge in [0.05, 0.1) is 0 Å². The highest BCUT2D eigenvalue weighted by Crippen LogP contribution is 2.28. The third-order valence-corrected chi connectivity index (χ3v) is 4.01. The second kappa shape index (κ2) is 6.53. The number of carboxylic acid groups (broad SMARTS) is 1. The minimum atomic E-state index is -0.653. The minimum absolute atomic E-state index is 0.319. The Morgan fingerprint density at radius 3 is 2.72 bits per heavy atom. The van der Waals surface area contributed by atoms with E-state index in [-0.39, 0.29) is 0 Å². The lowest BCUT2D eigenvalue weighted by Gasteiger charge is -2.37. The Bertz CT molecular complexity index is 279. The van der Waals surface area contributed by atoms with Crippen molar-refractivity contribution < 1.29 is 9.90 Å². The average molecular weight is 254 g/mol. The van der Waals surface area contributed by atoms with Gasteiger partial charge < -0.3 is 15.3 Å². The van der Waals surface area contributed by atoms with Crippen molar-refractivity contribution in [3.05, 3.63) is 0 Å². The van der Waals surface area contributed by atoms with Crippen molar-refractivity contribution in [1.82, 2.24) is 10.2 Å². The molecule has 2 rings (SSSR count). The summed E-state index contributed by atoms with van der Waals surface area (Å²) in [5.74, 6) is 0.559. The van der Waals surface area contributed by atoms with E-state index in [1.54, 1.807) is 0 Å². The number of hydrogen-bond donors (Lipinski definition) is 2. The summed E-state index contributed by atoms with van der Waals surface area (Å²) in [6.07, 6.45) is 5.24. The van der Waals surface area contributed by atoms with Crippen molar-refractivity contribution >= 4 is 5.97 Å². The molecule has 0 aromatic heterocycles. The van der Waals surface area contributed by atoms with E-state index in [9.17, 15) is 4.79 Å². The normalized spacial score (nSPS) is 29.4. The van der Waals surface area contributed by atoms with Gasteiger partial charge in [0.1, 0.15) is 0 Å². The molecule has 0 aromatic rings. The van der Waals surface area contributed by atoms with E-state index in [4.69, 9.17) is 5.11 Å². The zero-order chi connectivity index (χ0) is 13.0. The van der Waals surface area contributed by atoms with Gasteiger partial charge in [-0.2, -0.15) is 0 Å². The van der Waals surface area contributed by atoms with Crippen molar-refractivity contribution in [3.63, 3.8) is 0 Å². The van der Waals surface area contributed by atoms with Crippen LogP contribution in [0.25, 0.3) is 0 Å². The maximum absolute atomic E-state index is 10.9. The van der Waals surface area contributed by atoms with E-state index in [2.05, 4.69) is 17.1 Å². The first-order valence-electron chi connectivity index (χ1n) is 7.35. The van der Waals surface area contributed by atoms with Crippen molar-refractivity contribution in [2.45, 2.75) is 45.1 Å². The SMILES string of the molecule is CCCN1CC(CC(=O)O)CC(NCC2CC2)C1. The third-order valence-electron chi connectivity index (χ3n) is 4.01. The molecule has 0 bridgehead atoms. The third kappa shape index (κ3) is 4.58. The van der Waals surface area contributed by atoms with Crippen molar-refractivity contribution in [3.8, 4) is 0 Å². The lowest BCUT2D eigenvalue weighted by atomic mass is 9.91. The van der Waals surface area contributed by atoms with Crippen LogP contribution in [-0.4, -0.2) is 48.2 Å². The highest BCUT2D eigenvalue weighted by Gasteiger charge is 2.29. The molecule has 2 unspecified atom stereocenters. The molecule has 4 heteroatoms. The van der Waals surface area contributed by atoms with Gasteiger partial charge in [-0.1, -0.05) is 6.92 Å². The number of aliphatic carboxylic acids is 1. The standard InChI is InChI=1S/C14H26N2O2/c1-2-5-16-9-12(7-14(17)18)6-13(10-16)15-8-11-3-4-11/h11-13,15H,2-10H2,1H3,(H,17,18). The lowest BCUT2D eigenvalue weighted by Crippen LogP contribution is -2.50. The number of piperidine rings is 1. The van der Waals surface area contributed by atoms with Gasteiger partial charge in [-0.15, -0.1) is 0 Å². The molecular weight excluding hydrogens is 228 g/mol. The fraction of sp³-hybridized carbons (Fsp3) is 0.929. The molecule has 2 fully saturated rings.